The van der Waals surface area contributed by atoms with E-state index >= 15 is 0 Å². The predicted octanol–water partition coefficient (Wildman–Crippen LogP) is 4.10. The van der Waals surface area contributed by atoms with E-state index in [1.807, 2.05) is 6.07 Å². The Morgan fingerprint density at radius 2 is 2.06 bits per heavy atom. The highest BCUT2D eigenvalue weighted by Crippen LogP contribution is 2.31. The highest BCUT2D eigenvalue weighted by atomic mass is 35.5. The Labute approximate surface area is 212 Å². The van der Waals surface area contributed by atoms with Gasteiger partial charge in [-0.2, -0.15) is 0 Å². The number of fused-ring (bicyclic) bond motifs is 2. The first-order valence-electron chi connectivity index (χ1n) is 11.9. The lowest BCUT2D eigenvalue weighted by molar-refractivity contribution is 0.192. The lowest BCUT2D eigenvalue weighted by Gasteiger charge is -2.27. The Bertz CT molecular complexity index is 1380. The third kappa shape index (κ3) is 5.11. The molecule has 0 saturated carbocycles. The zero-order valence-electron chi connectivity index (χ0n) is 19.9. The fourth-order valence-electron chi connectivity index (χ4n) is 4.39. The zero-order chi connectivity index (χ0) is 25.1. The molecule has 4 aromatic rings. The van der Waals surface area contributed by atoms with Gasteiger partial charge in [0.2, 0.25) is 0 Å². The minimum atomic E-state index is -0.491. The van der Waals surface area contributed by atoms with E-state index in [-0.39, 0.29) is 11.6 Å². The second kappa shape index (κ2) is 10.7. The number of aliphatic hydroxyl groups excluding tert-OH is 1. The fraction of sp³-hybridized carbons (Fsp3) is 0.360. The van der Waals surface area contributed by atoms with Crippen molar-refractivity contribution in [3.63, 3.8) is 0 Å². The Balaban J connectivity index is 1.26. The molecule has 2 aromatic carbocycles. The maximum Gasteiger partial charge on any atom is 0.147 e. The van der Waals surface area contributed by atoms with Gasteiger partial charge in [-0.25, -0.2) is 14.4 Å². The van der Waals surface area contributed by atoms with Crippen LogP contribution in [0.15, 0.2) is 36.7 Å². The number of halogens is 2. The largest absolute Gasteiger partial charge is 0.493 e. The minimum absolute atomic E-state index is 0.0182. The van der Waals surface area contributed by atoms with Crippen LogP contribution >= 0.6 is 11.6 Å². The van der Waals surface area contributed by atoms with E-state index in [2.05, 4.69) is 41.9 Å². The number of benzene rings is 2. The van der Waals surface area contributed by atoms with E-state index in [1.54, 1.807) is 12.1 Å². The van der Waals surface area contributed by atoms with E-state index in [9.17, 15) is 9.50 Å². The second-order valence-electron chi connectivity index (χ2n) is 8.63. The molecule has 0 saturated heterocycles. The van der Waals surface area contributed by atoms with Gasteiger partial charge in [-0.1, -0.05) is 18.5 Å². The number of aryl methyl sites for hydroxylation is 1. The van der Waals surface area contributed by atoms with Crippen LogP contribution in [0.1, 0.15) is 30.6 Å². The lowest BCUT2D eigenvalue weighted by atomic mass is 10.1. The molecule has 11 heteroatoms. The molecular weight excluding hydrogens is 485 g/mol. The van der Waals surface area contributed by atoms with Crippen molar-refractivity contribution in [1.29, 1.82) is 0 Å². The van der Waals surface area contributed by atoms with E-state index < -0.39 is 5.82 Å². The molecule has 1 aliphatic heterocycles. The highest BCUT2D eigenvalue weighted by Gasteiger charge is 2.20. The van der Waals surface area contributed by atoms with Crippen molar-refractivity contribution < 1.29 is 14.2 Å². The van der Waals surface area contributed by atoms with Crippen LogP contribution in [0.2, 0.25) is 5.02 Å². The quantitative estimate of drug-likeness (QED) is 0.324. The van der Waals surface area contributed by atoms with Crippen molar-refractivity contribution in [3.05, 3.63) is 64.7 Å². The molecule has 2 N–H and O–H groups in total. The molecule has 5 rings (SSSR count). The summed E-state index contributed by atoms with van der Waals surface area (Å²) < 4.78 is 21.8. The standard InChI is InChI=1S/C25H27ClFN7O2/c1-2-23-31-32-24-13-33(7-8-34(23)24)6-3-9-36-22-12-18-21(10-16(22)14-35)28-15-29-25(18)30-17-4-5-20(27)19(26)11-17/h4-5,10-12,15,35H,2-3,6-9,13-14H2,1H3,(H,28,29,30). The number of aromatic nitrogens is 5. The number of hydrogen-bond donors (Lipinski definition) is 2. The molecule has 36 heavy (non-hydrogen) atoms. The number of aliphatic hydroxyl groups is 1. The Hall–Kier alpha value is -3.34. The normalized spacial score (nSPS) is 13.7. The van der Waals surface area contributed by atoms with Crippen molar-refractivity contribution in [2.45, 2.75) is 39.5 Å². The van der Waals surface area contributed by atoms with Gasteiger partial charge < -0.3 is 19.7 Å². The van der Waals surface area contributed by atoms with Gasteiger partial charge in [-0.3, -0.25) is 4.90 Å². The third-order valence-corrected chi connectivity index (χ3v) is 6.56. The SMILES string of the molecule is CCc1nnc2n1CCN(CCCOc1cc3c(Nc4ccc(F)c(Cl)c4)ncnc3cc1CO)C2. The van der Waals surface area contributed by atoms with Gasteiger partial charge in [0.1, 0.15) is 35.4 Å². The summed E-state index contributed by atoms with van der Waals surface area (Å²) in [5.41, 5.74) is 1.90. The molecule has 9 nitrogen and oxygen atoms in total. The van der Waals surface area contributed by atoms with Crippen LogP contribution in [0.3, 0.4) is 0 Å². The van der Waals surface area contributed by atoms with Crippen LogP contribution in [0.5, 0.6) is 5.75 Å². The summed E-state index contributed by atoms with van der Waals surface area (Å²) in [6, 6.07) is 7.99. The van der Waals surface area contributed by atoms with Gasteiger partial charge >= 0.3 is 0 Å². The van der Waals surface area contributed by atoms with Crippen LogP contribution in [-0.4, -0.2) is 54.4 Å². The van der Waals surface area contributed by atoms with Crippen LogP contribution in [0.25, 0.3) is 10.9 Å². The fourth-order valence-corrected chi connectivity index (χ4v) is 4.57. The summed E-state index contributed by atoms with van der Waals surface area (Å²) in [7, 11) is 0. The molecule has 1 aliphatic rings. The molecule has 0 aliphatic carbocycles. The first kappa shape index (κ1) is 24.4. The second-order valence-corrected chi connectivity index (χ2v) is 9.03. The average molecular weight is 512 g/mol. The summed E-state index contributed by atoms with van der Waals surface area (Å²) in [6.07, 6.45) is 3.14. The van der Waals surface area contributed by atoms with Crippen LogP contribution < -0.4 is 10.1 Å². The lowest BCUT2D eigenvalue weighted by Crippen LogP contribution is -2.35. The number of anilines is 2. The van der Waals surface area contributed by atoms with Gasteiger partial charge in [0, 0.05) is 42.7 Å². The molecule has 0 unspecified atom stereocenters. The molecule has 2 aromatic heterocycles. The van der Waals surface area contributed by atoms with Gasteiger partial charge in [0.05, 0.1) is 30.3 Å². The van der Waals surface area contributed by atoms with E-state index in [1.165, 1.54) is 18.5 Å². The number of nitrogens with zero attached hydrogens (tertiary/aromatic N) is 6. The first-order valence-corrected chi connectivity index (χ1v) is 12.3. The molecule has 0 atom stereocenters. The number of ether oxygens (including phenoxy) is 1. The average Bonchev–Trinajstić information content (AvgIpc) is 3.31. The molecule has 0 amide bonds. The van der Waals surface area contributed by atoms with Gasteiger partial charge in [-0.15, -0.1) is 10.2 Å². The van der Waals surface area contributed by atoms with E-state index in [4.69, 9.17) is 16.3 Å². The van der Waals surface area contributed by atoms with Gasteiger partial charge in [0.25, 0.3) is 0 Å². The van der Waals surface area contributed by atoms with Gasteiger partial charge in [0.15, 0.2) is 0 Å². The Kier molecular flexibility index (Phi) is 7.26. The van der Waals surface area contributed by atoms with Crippen LogP contribution in [0, 0.1) is 5.82 Å². The summed E-state index contributed by atoms with van der Waals surface area (Å²) in [5.74, 6) is 2.67. The first-order chi connectivity index (χ1) is 17.6. The number of hydrogen-bond acceptors (Lipinski definition) is 8. The number of rotatable bonds is 9. The van der Waals surface area contributed by atoms with Crippen molar-refractivity contribution in [1.82, 2.24) is 29.6 Å². The molecule has 0 fully saturated rings. The summed E-state index contributed by atoms with van der Waals surface area (Å²) in [5, 5.41) is 22.4. The monoisotopic (exact) mass is 511 g/mol. The van der Waals surface area contributed by atoms with Crippen LogP contribution in [0.4, 0.5) is 15.9 Å². The molecular formula is C25H27ClFN7O2. The summed E-state index contributed by atoms with van der Waals surface area (Å²) in [4.78, 5) is 11.0. The van der Waals surface area contributed by atoms with Crippen molar-refractivity contribution in [3.8, 4) is 5.75 Å². The minimum Gasteiger partial charge on any atom is -0.493 e. The molecule has 188 valence electrons. The topological polar surface area (TPSA) is 101 Å². The highest BCUT2D eigenvalue weighted by molar-refractivity contribution is 6.31. The van der Waals surface area contributed by atoms with E-state index in [0.717, 1.165) is 50.7 Å². The Morgan fingerprint density at radius 1 is 1.17 bits per heavy atom. The Morgan fingerprint density at radius 3 is 2.86 bits per heavy atom. The molecule has 0 spiro atoms. The van der Waals surface area contributed by atoms with Crippen LogP contribution in [-0.2, 0) is 26.1 Å². The van der Waals surface area contributed by atoms with Gasteiger partial charge in [-0.05, 0) is 36.8 Å². The molecule has 3 heterocycles. The van der Waals surface area contributed by atoms with Crippen molar-refractivity contribution >= 4 is 34.0 Å². The third-order valence-electron chi connectivity index (χ3n) is 6.27. The van der Waals surface area contributed by atoms with Crippen molar-refractivity contribution in [2.75, 3.05) is 25.0 Å². The van der Waals surface area contributed by atoms with Crippen molar-refractivity contribution in [2.24, 2.45) is 0 Å². The number of nitrogens with one attached hydrogen (secondary N) is 1. The smallest absolute Gasteiger partial charge is 0.147 e. The van der Waals surface area contributed by atoms with E-state index in [0.29, 0.717) is 40.3 Å². The zero-order valence-corrected chi connectivity index (χ0v) is 20.7. The predicted molar refractivity (Wildman–Crippen MR) is 135 cm³/mol. The molecule has 0 radical (unpaired) electrons. The summed E-state index contributed by atoms with van der Waals surface area (Å²) in [6.45, 7) is 5.93. The maximum absolute atomic E-state index is 13.5. The molecule has 0 bridgehead atoms. The summed E-state index contributed by atoms with van der Waals surface area (Å²) >= 11 is 5.92. The maximum atomic E-state index is 13.5.